The zero-order valence-corrected chi connectivity index (χ0v) is 22.2. The highest BCUT2D eigenvalue weighted by molar-refractivity contribution is 7.22. The second kappa shape index (κ2) is 8.87. The maximum atomic E-state index is 11.9. The number of thiazole rings is 1. The van der Waals surface area contributed by atoms with Gasteiger partial charge in [-0.1, -0.05) is 11.6 Å². The monoisotopic (exact) mass is 520 g/mol. The van der Waals surface area contributed by atoms with E-state index >= 15 is 0 Å². The largest absolute Gasteiger partial charge is 0.487 e. The number of hydrogen-bond acceptors (Lipinski definition) is 6. The van der Waals surface area contributed by atoms with Crippen LogP contribution in [-0.2, 0) is 18.3 Å². The molecule has 0 saturated carbocycles. The van der Waals surface area contributed by atoms with Crippen LogP contribution in [0.5, 0.6) is 5.75 Å². The summed E-state index contributed by atoms with van der Waals surface area (Å²) in [4.78, 5) is 21.5. The van der Waals surface area contributed by atoms with Gasteiger partial charge in [-0.2, -0.15) is 5.10 Å². The number of fused-ring (bicyclic) bond motifs is 2. The Balaban J connectivity index is 1.78. The lowest BCUT2D eigenvalue weighted by molar-refractivity contribution is -0.136. The van der Waals surface area contributed by atoms with Crippen LogP contribution in [0.3, 0.4) is 0 Å². The lowest BCUT2D eigenvalue weighted by Gasteiger charge is -2.24. The number of carboxylic acids is 1. The molecule has 5 aromatic rings. The van der Waals surface area contributed by atoms with Crippen molar-refractivity contribution in [3.05, 3.63) is 58.7 Å². The molecule has 36 heavy (non-hydrogen) atoms. The summed E-state index contributed by atoms with van der Waals surface area (Å²) in [5, 5.41) is 15.4. The average molecular weight is 521 g/mol. The molecule has 0 atom stereocenters. The molecule has 3 aromatic heterocycles. The van der Waals surface area contributed by atoms with E-state index in [-0.39, 0.29) is 6.42 Å². The van der Waals surface area contributed by atoms with Crippen LogP contribution in [0.1, 0.15) is 31.9 Å². The number of hydrogen-bond donors (Lipinski definition) is 1. The molecule has 0 radical (unpaired) electrons. The molecule has 5 rings (SSSR count). The summed E-state index contributed by atoms with van der Waals surface area (Å²) in [6.45, 7) is 7.81. The van der Waals surface area contributed by atoms with Gasteiger partial charge in [0.15, 0.2) is 0 Å². The first kappa shape index (κ1) is 24.2. The van der Waals surface area contributed by atoms with E-state index in [1.807, 2.05) is 65.2 Å². The van der Waals surface area contributed by atoms with Crippen LogP contribution in [-0.4, -0.2) is 36.4 Å². The first-order chi connectivity index (χ1) is 17.0. The summed E-state index contributed by atoms with van der Waals surface area (Å²) in [5.41, 5.74) is 5.80. The summed E-state index contributed by atoms with van der Waals surface area (Å²) in [6.07, 6.45) is 1.75. The van der Waals surface area contributed by atoms with Crippen molar-refractivity contribution in [1.82, 2.24) is 19.7 Å². The number of ether oxygens (including phenoxy) is 1. The maximum absolute atomic E-state index is 11.9. The Morgan fingerprint density at radius 3 is 2.61 bits per heavy atom. The highest BCUT2D eigenvalue weighted by Gasteiger charge is 2.24. The Bertz CT molecular complexity index is 1650. The smallest absolute Gasteiger partial charge is 0.307 e. The summed E-state index contributed by atoms with van der Waals surface area (Å²) in [5.74, 6) is -0.308. The average Bonchev–Trinajstić information content (AvgIpc) is 3.35. The van der Waals surface area contributed by atoms with E-state index < -0.39 is 11.6 Å². The Morgan fingerprint density at radius 2 is 1.89 bits per heavy atom. The third-order valence-electron chi connectivity index (χ3n) is 5.66. The number of halogens is 1. The number of pyridine rings is 1. The van der Waals surface area contributed by atoms with Crippen molar-refractivity contribution in [1.29, 1.82) is 0 Å². The predicted octanol–water partition coefficient (Wildman–Crippen LogP) is 6.68. The first-order valence-electron chi connectivity index (χ1n) is 11.4. The lowest BCUT2D eigenvalue weighted by atomic mass is 9.92. The quantitative estimate of drug-likeness (QED) is 0.278. The molecule has 0 aliphatic heterocycles. The number of aryl methyl sites for hydroxylation is 2. The van der Waals surface area contributed by atoms with Crippen LogP contribution in [0.2, 0.25) is 5.02 Å². The molecule has 2 aromatic carbocycles. The number of nitrogens with zero attached hydrogens (tertiary/aromatic N) is 4. The molecule has 7 nitrogen and oxygen atoms in total. The summed E-state index contributed by atoms with van der Waals surface area (Å²) >= 11 is 7.83. The van der Waals surface area contributed by atoms with Crippen molar-refractivity contribution >= 4 is 50.2 Å². The fourth-order valence-electron chi connectivity index (χ4n) is 4.27. The van der Waals surface area contributed by atoms with Crippen molar-refractivity contribution in [2.75, 3.05) is 0 Å². The normalized spacial score (nSPS) is 11.9. The third kappa shape index (κ3) is 4.66. The van der Waals surface area contributed by atoms with Gasteiger partial charge in [0, 0.05) is 23.2 Å². The van der Waals surface area contributed by atoms with Crippen molar-refractivity contribution < 1.29 is 14.6 Å². The third-order valence-corrected chi connectivity index (χ3v) is 7.01. The Morgan fingerprint density at radius 1 is 1.11 bits per heavy atom. The Labute approximate surface area is 217 Å². The topological polar surface area (TPSA) is 90.1 Å². The Hall–Kier alpha value is -3.49. The molecule has 0 unspecified atom stereocenters. The highest BCUT2D eigenvalue weighted by Crippen LogP contribution is 2.45. The summed E-state index contributed by atoms with van der Waals surface area (Å²) < 4.78 is 8.90. The van der Waals surface area contributed by atoms with Crippen molar-refractivity contribution in [3.63, 3.8) is 0 Å². The van der Waals surface area contributed by atoms with Crippen LogP contribution in [0.25, 0.3) is 43.1 Å². The molecule has 0 fully saturated rings. The number of benzene rings is 2. The van der Waals surface area contributed by atoms with Gasteiger partial charge in [-0.25, -0.2) is 9.97 Å². The number of carbonyl (C=O) groups is 1. The zero-order valence-electron chi connectivity index (χ0n) is 20.6. The second-order valence-electron chi connectivity index (χ2n) is 9.74. The standard InChI is InChI=1S/C27H25ClN4O3S/c1-14-10-20-25(36-26(30-20)19-9-8-18-21(29-19)13-32(5)31-18)24(17(14)12-23(33)34)16-7-6-15(28)11-22(16)35-27(2,3)4/h6-11,13H,12H2,1-5H3,(H,33,34). The SMILES string of the molecule is Cc1cc2nc(-c3ccc4nn(C)cc4n3)sc2c(-c2ccc(Cl)cc2OC(C)(C)C)c1CC(=O)O. The van der Waals surface area contributed by atoms with Gasteiger partial charge in [0.1, 0.15) is 27.4 Å². The van der Waals surface area contributed by atoms with E-state index in [0.29, 0.717) is 10.8 Å². The van der Waals surface area contributed by atoms with Crippen molar-refractivity contribution in [3.8, 4) is 27.6 Å². The minimum absolute atomic E-state index is 0.123. The Kier molecular flexibility index (Phi) is 5.97. The fraction of sp³-hybridized carbons (Fsp3) is 0.259. The summed E-state index contributed by atoms with van der Waals surface area (Å²) in [7, 11) is 1.86. The molecule has 1 N–H and O–H groups in total. The molecule has 0 bridgehead atoms. The van der Waals surface area contributed by atoms with Crippen LogP contribution < -0.4 is 4.74 Å². The molecule has 0 aliphatic rings. The molecule has 0 aliphatic carbocycles. The molecule has 9 heteroatoms. The minimum Gasteiger partial charge on any atom is -0.487 e. The van der Waals surface area contributed by atoms with Crippen molar-refractivity contribution in [2.24, 2.45) is 7.05 Å². The number of carboxylic acid groups (broad SMARTS) is 1. The van der Waals surface area contributed by atoms with Gasteiger partial charge in [0.2, 0.25) is 0 Å². The summed E-state index contributed by atoms with van der Waals surface area (Å²) in [6, 6.07) is 11.3. The van der Waals surface area contributed by atoms with Gasteiger partial charge in [-0.3, -0.25) is 9.48 Å². The van der Waals surface area contributed by atoms with E-state index in [2.05, 4.69) is 5.10 Å². The van der Waals surface area contributed by atoms with Gasteiger partial charge in [-0.05, 0) is 75.2 Å². The van der Waals surface area contributed by atoms with Crippen LogP contribution in [0, 0.1) is 6.92 Å². The van der Waals surface area contributed by atoms with Gasteiger partial charge in [0.05, 0.1) is 28.5 Å². The number of aromatic nitrogens is 4. The molecule has 0 amide bonds. The van der Waals surface area contributed by atoms with Gasteiger partial charge < -0.3 is 9.84 Å². The van der Waals surface area contributed by atoms with E-state index in [0.717, 1.165) is 54.2 Å². The maximum Gasteiger partial charge on any atom is 0.307 e. The van der Waals surface area contributed by atoms with E-state index in [1.54, 1.807) is 16.8 Å². The predicted molar refractivity (Wildman–Crippen MR) is 144 cm³/mol. The van der Waals surface area contributed by atoms with Crippen LogP contribution >= 0.6 is 22.9 Å². The van der Waals surface area contributed by atoms with E-state index in [9.17, 15) is 9.90 Å². The van der Waals surface area contributed by atoms with E-state index in [1.165, 1.54) is 11.3 Å². The molecule has 184 valence electrons. The molecule has 0 spiro atoms. The molecular weight excluding hydrogens is 496 g/mol. The van der Waals surface area contributed by atoms with Crippen molar-refractivity contribution in [2.45, 2.75) is 39.7 Å². The van der Waals surface area contributed by atoms with Gasteiger partial charge in [0.25, 0.3) is 0 Å². The molecular formula is C27H25ClN4O3S. The lowest BCUT2D eigenvalue weighted by Crippen LogP contribution is -2.23. The second-order valence-corrected chi connectivity index (χ2v) is 11.2. The number of aliphatic carboxylic acids is 1. The highest BCUT2D eigenvalue weighted by atomic mass is 35.5. The molecule has 0 saturated heterocycles. The van der Waals surface area contributed by atoms with Gasteiger partial charge >= 0.3 is 5.97 Å². The minimum atomic E-state index is -0.903. The zero-order chi connectivity index (χ0) is 25.8. The van der Waals surface area contributed by atoms with Crippen LogP contribution in [0.15, 0.2) is 42.6 Å². The number of rotatable bonds is 5. The van der Waals surface area contributed by atoms with Crippen LogP contribution in [0.4, 0.5) is 0 Å². The molecule has 3 heterocycles. The van der Waals surface area contributed by atoms with E-state index in [4.69, 9.17) is 26.3 Å². The van der Waals surface area contributed by atoms with Gasteiger partial charge in [-0.15, -0.1) is 11.3 Å². The first-order valence-corrected chi connectivity index (χ1v) is 12.6. The fourth-order valence-corrected chi connectivity index (χ4v) is 5.53.